The smallest absolute Gasteiger partial charge is 0.226 e. The molecule has 2 aromatic carbocycles. The highest BCUT2D eigenvalue weighted by molar-refractivity contribution is 6.32. The van der Waals surface area contributed by atoms with Crippen LogP contribution in [-0.4, -0.2) is 56.0 Å². The molecule has 228 valence electrons. The molecule has 2 aliphatic carbocycles. The second-order valence-corrected chi connectivity index (χ2v) is 12.2. The van der Waals surface area contributed by atoms with E-state index in [9.17, 15) is 9.59 Å². The highest BCUT2D eigenvalue weighted by Crippen LogP contribution is 2.36. The number of ether oxygens (including phenoxy) is 1. The molecule has 0 aliphatic heterocycles. The normalized spacial score (nSPS) is 18.7. The summed E-state index contributed by atoms with van der Waals surface area (Å²) in [6.07, 6.45) is 11.1. The molecule has 0 N–H and O–H groups in total. The zero-order valence-corrected chi connectivity index (χ0v) is 25.8. The molecule has 6 rings (SSSR count). The lowest BCUT2D eigenvalue weighted by molar-refractivity contribution is -0.140. The van der Waals surface area contributed by atoms with Crippen LogP contribution < -0.4 is 4.74 Å². The van der Waals surface area contributed by atoms with Crippen LogP contribution in [-0.2, 0) is 11.3 Å². The first kappa shape index (κ1) is 30.0. The van der Waals surface area contributed by atoms with E-state index in [-0.39, 0.29) is 29.6 Å². The van der Waals surface area contributed by atoms with E-state index in [1.165, 1.54) is 0 Å². The number of Topliss-reactive ketones (excluding diaryl/α,β-unsaturated/α-hetero) is 1. The second kappa shape index (κ2) is 13.7. The van der Waals surface area contributed by atoms with Gasteiger partial charge in [0.2, 0.25) is 5.91 Å². The van der Waals surface area contributed by atoms with Gasteiger partial charge in [-0.2, -0.15) is 5.10 Å². The van der Waals surface area contributed by atoms with Crippen LogP contribution in [0, 0.1) is 11.8 Å². The summed E-state index contributed by atoms with van der Waals surface area (Å²) < 4.78 is 7.24. The monoisotopic (exact) mass is 611 g/mol. The van der Waals surface area contributed by atoms with Crippen LogP contribution >= 0.6 is 11.6 Å². The lowest BCUT2D eigenvalue weighted by Crippen LogP contribution is -2.47. The Morgan fingerprint density at radius 3 is 2.32 bits per heavy atom. The number of methoxy groups -OCH3 is 1. The van der Waals surface area contributed by atoms with Crippen molar-refractivity contribution in [2.24, 2.45) is 11.8 Å². The molecule has 44 heavy (non-hydrogen) atoms. The van der Waals surface area contributed by atoms with Gasteiger partial charge in [-0.3, -0.25) is 14.6 Å². The van der Waals surface area contributed by atoms with Gasteiger partial charge in [0.25, 0.3) is 0 Å². The summed E-state index contributed by atoms with van der Waals surface area (Å²) in [5.74, 6) is 1.43. The number of hydrogen-bond acceptors (Lipinski definition) is 6. The summed E-state index contributed by atoms with van der Waals surface area (Å²) >= 11 is 6.51. The van der Waals surface area contributed by atoms with Crippen molar-refractivity contribution in [2.75, 3.05) is 13.7 Å². The Morgan fingerprint density at radius 1 is 0.909 bits per heavy atom. The first-order chi connectivity index (χ1) is 21.5. The maximum atomic E-state index is 14.4. The molecule has 2 heterocycles. The molecular formula is C35H38ClN5O3. The van der Waals surface area contributed by atoms with Crippen LogP contribution in [0.5, 0.6) is 5.75 Å². The van der Waals surface area contributed by atoms with Crippen molar-refractivity contribution in [3.05, 3.63) is 83.6 Å². The lowest BCUT2D eigenvalue weighted by Gasteiger charge is -2.37. The number of nitrogens with zero attached hydrogens (tertiary/aromatic N) is 5. The molecule has 0 unspecified atom stereocenters. The molecule has 2 atom stereocenters. The van der Waals surface area contributed by atoms with E-state index in [1.807, 2.05) is 65.3 Å². The number of pyridine rings is 1. The number of amides is 1. The highest BCUT2D eigenvalue weighted by atomic mass is 35.5. The molecule has 9 heteroatoms. The Morgan fingerprint density at radius 2 is 1.61 bits per heavy atom. The van der Waals surface area contributed by atoms with Gasteiger partial charge in [-0.05, 0) is 56.0 Å². The number of aromatic nitrogens is 4. The van der Waals surface area contributed by atoms with E-state index in [0.717, 1.165) is 62.5 Å². The van der Waals surface area contributed by atoms with Crippen LogP contribution in [0.1, 0.15) is 61.7 Å². The molecule has 1 amide bonds. The van der Waals surface area contributed by atoms with Gasteiger partial charge >= 0.3 is 0 Å². The van der Waals surface area contributed by atoms with Gasteiger partial charge in [-0.15, -0.1) is 0 Å². The van der Waals surface area contributed by atoms with Crippen LogP contribution in [0.2, 0.25) is 5.02 Å². The van der Waals surface area contributed by atoms with Gasteiger partial charge in [-0.25, -0.2) is 9.67 Å². The number of carbonyl (C=O) groups is 2. The molecule has 2 fully saturated rings. The fourth-order valence-electron chi connectivity index (χ4n) is 6.80. The number of hydrogen-bond donors (Lipinski definition) is 0. The predicted octanol–water partition coefficient (Wildman–Crippen LogP) is 7.13. The maximum absolute atomic E-state index is 14.4. The summed E-state index contributed by atoms with van der Waals surface area (Å²) in [7, 11) is 1.59. The standard InChI is InChI=1S/C35H38ClN5O3/c1-44-31-16-15-26(23-30(31)36)34-38-33(25-17-19-37-20-18-25)39-41(34)22-21-40(27-11-5-6-12-27)35(43)29-14-8-7-13-28(29)32(42)24-9-3-2-4-10-24/h2-4,9-10,15-20,23,27-29H,5-8,11-14,21-22H2,1H3/t28-,29+/m0/s1. The summed E-state index contributed by atoms with van der Waals surface area (Å²) in [5, 5.41) is 5.38. The summed E-state index contributed by atoms with van der Waals surface area (Å²) in [5.41, 5.74) is 2.36. The average Bonchev–Trinajstić information content (AvgIpc) is 3.76. The van der Waals surface area contributed by atoms with Crippen molar-refractivity contribution in [3.63, 3.8) is 0 Å². The van der Waals surface area contributed by atoms with E-state index < -0.39 is 0 Å². The Labute approximate surface area is 263 Å². The molecular weight excluding hydrogens is 574 g/mol. The van der Waals surface area contributed by atoms with Crippen molar-refractivity contribution in [1.82, 2.24) is 24.6 Å². The third-order valence-corrected chi connectivity index (χ3v) is 9.40. The van der Waals surface area contributed by atoms with Crippen LogP contribution in [0.25, 0.3) is 22.8 Å². The van der Waals surface area contributed by atoms with Crippen LogP contribution in [0.15, 0.2) is 73.1 Å². The number of ketones is 1. The molecule has 2 aromatic heterocycles. The summed E-state index contributed by atoms with van der Waals surface area (Å²) in [6, 6.07) is 18.9. The number of carbonyl (C=O) groups excluding carboxylic acids is 2. The van der Waals surface area contributed by atoms with Gasteiger partial charge in [0.1, 0.15) is 5.75 Å². The Bertz CT molecular complexity index is 1590. The lowest BCUT2D eigenvalue weighted by atomic mass is 9.74. The molecule has 0 radical (unpaired) electrons. The minimum atomic E-state index is -0.306. The molecule has 8 nitrogen and oxygen atoms in total. The van der Waals surface area contributed by atoms with Gasteiger partial charge < -0.3 is 9.64 Å². The molecule has 4 aromatic rings. The molecule has 2 aliphatic rings. The summed E-state index contributed by atoms with van der Waals surface area (Å²) in [4.78, 5) is 39.2. The zero-order valence-electron chi connectivity index (χ0n) is 25.1. The van der Waals surface area contributed by atoms with Gasteiger partial charge in [0.05, 0.1) is 18.7 Å². The Balaban J connectivity index is 1.30. The van der Waals surface area contributed by atoms with Crippen molar-refractivity contribution in [2.45, 2.75) is 64.0 Å². The number of benzene rings is 2. The third kappa shape index (κ3) is 6.41. The van der Waals surface area contributed by atoms with E-state index in [1.54, 1.807) is 19.5 Å². The first-order valence-corrected chi connectivity index (χ1v) is 16.0. The van der Waals surface area contributed by atoms with Crippen molar-refractivity contribution >= 4 is 23.3 Å². The van der Waals surface area contributed by atoms with Gasteiger partial charge in [-0.1, -0.05) is 67.6 Å². The number of halogens is 1. The minimum Gasteiger partial charge on any atom is -0.495 e. The van der Waals surface area contributed by atoms with Crippen LogP contribution in [0.3, 0.4) is 0 Å². The average molecular weight is 612 g/mol. The SMILES string of the molecule is COc1ccc(-c2nc(-c3ccncc3)nn2CCN(C(=O)[C@@H]2CCCC[C@@H]2C(=O)c2ccccc2)C2CCCC2)cc1Cl. The molecule has 0 spiro atoms. The fraction of sp³-hybridized carbons (Fsp3) is 0.400. The predicted molar refractivity (Wildman–Crippen MR) is 170 cm³/mol. The van der Waals surface area contributed by atoms with Gasteiger partial charge in [0.15, 0.2) is 17.4 Å². The topological polar surface area (TPSA) is 90.2 Å². The molecule has 0 saturated heterocycles. The minimum absolute atomic E-state index is 0.0898. The van der Waals surface area contributed by atoms with Gasteiger partial charge in [0, 0.05) is 53.5 Å². The second-order valence-electron chi connectivity index (χ2n) is 11.8. The van der Waals surface area contributed by atoms with Crippen LogP contribution in [0.4, 0.5) is 0 Å². The third-order valence-electron chi connectivity index (χ3n) is 9.10. The van der Waals surface area contributed by atoms with Crippen molar-refractivity contribution in [1.29, 1.82) is 0 Å². The first-order valence-electron chi connectivity index (χ1n) is 15.6. The molecule has 0 bridgehead atoms. The highest BCUT2D eigenvalue weighted by Gasteiger charge is 2.40. The quantitative estimate of drug-likeness (QED) is 0.177. The van der Waals surface area contributed by atoms with E-state index >= 15 is 0 Å². The van der Waals surface area contributed by atoms with Crippen molar-refractivity contribution in [3.8, 4) is 28.5 Å². The van der Waals surface area contributed by atoms with Crippen molar-refractivity contribution < 1.29 is 14.3 Å². The Hall–Kier alpha value is -4.04. The van der Waals surface area contributed by atoms with E-state index in [0.29, 0.717) is 41.1 Å². The zero-order chi connectivity index (χ0) is 30.5. The fourth-order valence-corrected chi connectivity index (χ4v) is 7.06. The van der Waals surface area contributed by atoms with E-state index in [2.05, 4.69) is 9.88 Å². The summed E-state index contributed by atoms with van der Waals surface area (Å²) in [6.45, 7) is 0.950. The Kier molecular flexibility index (Phi) is 9.36. The maximum Gasteiger partial charge on any atom is 0.226 e. The molecule has 2 saturated carbocycles. The number of rotatable bonds is 10. The van der Waals surface area contributed by atoms with E-state index in [4.69, 9.17) is 26.4 Å². The largest absolute Gasteiger partial charge is 0.495 e.